The van der Waals surface area contributed by atoms with Crippen LogP contribution < -0.4 is 0 Å². The van der Waals surface area contributed by atoms with Crippen LogP contribution >= 0.6 is 46.1 Å². The molecule has 40 nitrogen and oxygen atoms in total. The lowest BCUT2D eigenvalue weighted by atomic mass is 10.1. The van der Waals surface area contributed by atoms with Crippen LogP contribution in [0.3, 0.4) is 0 Å². The van der Waals surface area contributed by atoms with E-state index in [4.69, 9.17) is 55.7 Å². The number of esters is 2. The number of oxime groups is 17. The van der Waals surface area contributed by atoms with Gasteiger partial charge in [0.15, 0.2) is 25.1 Å². The van der Waals surface area contributed by atoms with E-state index >= 15 is 0 Å². The van der Waals surface area contributed by atoms with Crippen molar-refractivity contribution in [1.29, 1.82) is 0 Å². The predicted octanol–water partition coefficient (Wildman–Crippen LogP) is 19.7. The van der Waals surface area contributed by atoms with Crippen molar-refractivity contribution in [2.45, 2.75) is 173 Å². The molecule has 0 aliphatic rings. The number of carbonyl (C=O) groups is 3. The van der Waals surface area contributed by atoms with Crippen molar-refractivity contribution in [1.82, 2.24) is 0 Å². The average molecular weight is 1980 g/mol. The summed E-state index contributed by atoms with van der Waals surface area (Å²) in [5, 5.41) is 55.9. The molecule has 0 saturated carbocycles. The molecule has 44 heteroatoms. The summed E-state index contributed by atoms with van der Waals surface area (Å²) < 4.78 is 9.36. The molecule has 0 bridgehead atoms. The molecule has 0 spiro atoms. The number of nitrogens with zero attached hydrogens (tertiary/aromatic N) is 18. The number of ketones is 1. The van der Waals surface area contributed by atoms with Gasteiger partial charge in [-0.25, -0.2) is 9.59 Å². The lowest BCUT2D eigenvalue weighted by Gasteiger charge is -2.13. The maximum atomic E-state index is 11.3. The van der Waals surface area contributed by atoms with Crippen LogP contribution in [0.4, 0.5) is 0 Å². The van der Waals surface area contributed by atoms with Crippen molar-refractivity contribution in [2.24, 2.45) is 92.6 Å². The van der Waals surface area contributed by atoms with E-state index in [1.807, 2.05) is 149 Å². The van der Waals surface area contributed by atoms with Gasteiger partial charge < -0.3 is 96.7 Å². The third-order valence-electron chi connectivity index (χ3n) is 9.92. The molecule has 2 unspecified atom stereocenters. The number of rotatable bonds is 48. The number of carbonyl (C=O) groups excluding carboxylic acids is 3. The Kier molecular flexibility index (Phi) is 177. The van der Waals surface area contributed by atoms with Crippen molar-refractivity contribution in [2.75, 3.05) is 101 Å². The standard InChI is InChI=1S/C11H13NO3.C11H11NOS.C6H11NO3.2C6H11NO.C5H9NO2.2C5H11NO.C4H5Cl2NO.C4H6ClNO.2C4H9NO.2C4H7NO.C4H5NO.C3H7NO.C2H5NO.C2H5N/c1-12-15-10(11(13)14-2)8-9-6-4-3-5-7-9;1-10(7-8-13-12-2)5-6-11-4-3-9-14-11;1-4-9-6(8)5(2)10-7-3;2*1-6(2)4-5-8-7-3;1-4(7)5(2)8-6-3;1-5(2,3)7-6-4;1-3-4-5-7-6-2;1-7-8-3-2-4(5)6;1-4(5)3-7-6-2;1-4(2)6-5-3;4*1-3-4-6-5-2;1-3-5-4-2;1-3-4-2;1-3-2/h3-7,10H,1,8H2,2H3;3-4,7,9H,2,8H2,1H3;5H,3-4H2,1-2H3;2*4H,3,5H2,1-2H3;5H,3H2,1-2H3;4H2,1-3H3;2-5H2,1H3;2H,1,3H2;1-3H2;4H,3H2,1-2H3;2-4H2,1H3;2*3H,1-2,4H2;1H,2,4H2;2-3H2,1H3;1H2,2H3;1H2,2H3/b;10-7-;;;;;;;;;;;;;;;;/t;;;;;5-;;;;;;;;;;;;/m.....0............/s1. The highest BCUT2D eigenvalue weighted by Crippen LogP contribution is 2.10. The third-order valence-corrected chi connectivity index (χ3v) is 11.1. The summed E-state index contributed by atoms with van der Waals surface area (Å²) in [6.07, 6.45) is 17.2. The van der Waals surface area contributed by atoms with Gasteiger partial charge in [0.2, 0.25) is 12.2 Å². The van der Waals surface area contributed by atoms with Gasteiger partial charge >= 0.3 is 11.9 Å². The molecule has 2 aromatic rings. The van der Waals surface area contributed by atoms with Gasteiger partial charge in [-0.1, -0.05) is 152 Å². The van der Waals surface area contributed by atoms with Crippen LogP contribution in [0.25, 0.3) is 0 Å². The van der Waals surface area contributed by atoms with Crippen LogP contribution in [0.2, 0.25) is 0 Å². The zero-order chi connectivity index (χ0) is 107. The van der Waals surface area contributed by atoms with Crippen LogP contribution in [0, 0.1) is 24.2 Å². The van der Waals surface area contributed by atoms with Crippen LogP contribution in [0.5, 0.6) is 0 Å². The van der Waals surface area contributed by atoms with Gasteiger partial charge in [-0.05, 0) is 170 Å². The first kappa shape index (κ1) is 157. The van der Waals surface area contributed by atoms with Crippen LogP contribution in [0.15, 0.2) is 223 Å². The fourth-order valence-corrected chi connectivity index (χ4v) is 5.27. The normalized spacial score (nSPS) is 8.81. The van der Waals surface area contributed by atoms with E-state index < -0.39 is 30.3 Å². The second-order valence-electron chi connectivity index (χ2n) is 22.9. The minimum absolute atomic E-state index is 0.0441. The highest BCUT2D eigenvalue weighted by atomic mass is 35.5. The third kappa shape index (κ3) is 219. The first-order valence-corrected chi connectivity index (χ1v) is 40.9. The van der Waals surface area contributed by atoms with E-state index in [9.17, 15) is 14.4 Å². The topological polar surface area (TPSA) is 449 Å². The number of ether oxygens (including phenoxy) is 2. The fourth-order valence-electron chi connectivity index (χ4n) is 4.53. The number of allylic oxidation sites excluding steroid dienone is 3. The molecule has 1 aromatic heterocycles. The van der Waals surface area contributed by atoms with Crippen molar-refractivity contribution in [3.05, 3.63) is 141 Å². The molecule has 3 atom stereocenters. The highest BCUT2D eigenvalue weighted by Gasteiger charge is 2.21. The van der Waals surface area contributed by atoms with Crippen molar-refractivity contribution < 1.29 is 106 Å². The highest BCUT2D eigenvalue weighted by molar-refractivity contribution is 7.10. The van der Waals surface area contributed by atoms with E-state index in [1.54, 1.807) is 51.3 Å². The minimum Gasteiger partial charge on any atom is -0.466 e. The SMILES string of the molecule is C#CCON=C.C=CCON=C.C=CCON=C.C=NC.C=NOC.C=NOC(C)(C)C.C=NOC(C)C.C=NOC(C)C(=O)OCC.C=NOC(Cc1ccccc1)C(=O)OC.C=NOC/C=C(/C)C#Cc1cccs1.C=NOCC.C=NOCC(=C)Cl.C=NOCC=C(C)C.C=NOCC=C(C)C.C=NOCC=C(Cl)Cl.C=NOCCC.C=NOCCCC.C=NO[C@@H](C)C(C)=O. The van der Waals surface area contributed by atoms with Crippen molar-refractivity contribution in [3.63, 3.8) is 0 Å². The molecule has 0 aliphatic carbocycles. The van der Waals surface area contributed by atoms with Crippen LogP contribution in [-0.4, -0.2) is 269 Å². The molecule has 0 saturated heterocycles. The summed E-state index contributed by atoms with van der Waals surface area (Å²) in [5.41, 5.74) is 4.24. The summed E-state index contributed by atoms with van der Waals surface area (Å²) >= 11 is 17.3. The molecule has 0 amide bonds. The summed E-state index contributed by atoms with van der Waals surface area (Å²) in [6.45, 7) is 103. The van der Waals surface area contributed by atoms with E-state index in [-0.39, 0.29) is 41.8 Å². The second kappa shape index (κ2) is 151. The second-order valence-corrected chi connectivity index (χ2v) is 25.4. The van der Waals surface area contributed by atoms with Gasteiger partial charge in [0.1, 0.15) is 82.8 Å². The first-order chi connectivity index (χ1) is 63.7. The van der Waals surface area contributed by atoms with E-state index in [0.29, 0.717) is 70.9 Å². The number of Topliss-reactive ketones (excluding diaryl/α,β-unsaturated/α-hetero) is 1. The molecular formula is C90H153Cl3N18O22S. The Bertz CT molecular complexity index is 3310. The zero-order valence-electron chi connectivity index (χ0n) is 82.7. The number of halogens is 3. The lowest BCUT2D eigenvalue weighted by Crippen LogP contribution is -2.26. The molecule has 762 valence electrons. The number of hydrogen-bond donors (Lipinski definition) is 0. The number of thiophene rings is 1. The van der Waals surface area contributed by atoms with E-state index in [0.717, 1.165) is 35.3 Å². The summed E-state index contributed by atoms with van der Waals surface area (Å²) in [4.78, 5) is 113. The quantitative estimate of drug-likeness (QED) is 0.0148. The predicted molar refractivity (Wildman–Crippen MR) is 561 cm³/mol. The van der Waals surface area contributed by atoms with E-state index in [1.165, 1.54) is 38.4 Å². The monoisotopic (exact) mass is 1980 g/mol. The van der Waals surface area contributed by atoms with Gasteiger partial charge in [0.25, 0.3) is 0 Å². The smallest absolute Gasteiger partial charge is 0.350 e. The Balaban J connectivity index is -0.0000000796. The number of terminal acetylenes is 1. The molecule has 1 heterocycles. The van der Waals surface area contributed by atoms with Gasteiger partial charge in [-0.3, -0.25) is 4.79 Å². The fraction of sp³-hybridized carbons (Fsp3) is 0.456. The molecule has 1 aromatic carbocycles. The summed E-state index contributed by atoms with van der Waals surface area (Å²) in [5.74, 6) is 7.37. The number of aliphatic imine (C=N–C) groups is 1. The molecular weight excluding hydrogens is 1820 g/mol. The molecule has 0 fully saturated rings. The van der Waals surface area contributed by atoms with Crippen molar-refractivity contribution >= 4 is 185 Å². The number of hydrogen-bond acceptors (Lipinski definition) is 41. The largest absolute Gasteiger partial charge is 0.466 e. The minimum atomic E-state index is -0.727. The maximum Gasteiger partial charge on any atom is 0.350 e. The average Bonchev–Trinajstić information content (AvgIpc) is 1.00. The van der Waals surface area contributed by atoms with E-state index in [2.05, 4.69) is 335 Å². The summed E-state index contributed by atoms with van der Waals surface area (Å²) in [7, 11) is 4.40. The number of benzene rings is 1. The lowest BCUT2D eigenvalue weighted by molar-refractivity contribution is -0.155. The van der Waals surface area contributed by atoms with Gasteiger partial charge in [0, 0.05) is 128 Å². The van der Waals surface area contributed by atoms with Crippen LogP contribution in [0.1, 0.15) is 147 Å². The van der Waals surface area contributed by atoms with Gasteiger partial charge in [0.05, 0.1) is 23.6 Å². The maximum absolute atomic E-state index is 11.3. The number of methoxy groups -OCH3 is 1. The molecule has 0 radical (unpaired) electrons. The zero-order valence-corrected chi connectivity index (χ0v) is 85.8. The van der Waals surface area contributed by atoms with Crippen molar-refractivity contribution in [3.8, 4) is 24.2 Å². The van der Waals surface area contributed by atoms with Gasteiger partial charge in [-0.15, -0.1) is 105 Å². The Morgan fingerprint density at radius 3 is 1.14 bits per heavy atom. The molecule has 134 heavy (non-hydrogen) atoms. The Hall–Kier alpha value is -13.6. The Morgan fingerprint density at radius 1 is 0.485 bits per heavy atom. The molecule has 0 aliphatic heterocycles. The Morgan fingerprint density at radius 2 is 0.896 bits per heavy atom. The Labute approximate surface area is 817 Å². The molecule has 2 rings (SSSR count). The first-order valence-electron chi connectivity index (χ1n) is 38.8. The van der Waals surface area contributed by atoms with Gasteiger partial charge in [-0.2, -0.15) is 0 Å². The number of unbranched alkanes of at least 4 members (excludes halogenated alkanes) is 1. The molecule has 0 N–H and O–H groups in total. The van der Waals surface area contributed by atoms with Crippen LogP contribution in [-0.2, 0) is 113 Å². The summed E-state index contributed by atoms with van der Waals surface area (Å²) in [6, 6.07) is 13.5.